The molecular formula is C53H89N3O16. The van der Waals surface area contributed by atoms with Crippen molar-refractivity contribution < 1.29 is 77.4 Å². The van der Waals surface area contributed by atoms with Crippen molar-refractivity contribution in [3.05, 3.63) is 24.3 Å². The Morgan fingerprint density at radius 2 is 1.54 bits per heavy atom. The first-order chi connectivity index (χ1) is 33.9. The van der Waals surface area contributed by atoms with E-state index in [1.54, 1.807) is 48.5 Å². The van der Waals surface area contributed by atoms with Gasteiger partial charge in [-0.1, -0.05) is 27.7 Å². The number of hydrogen-bond donors (Lipinski definition) is 5. The summed E-state index contributed by atoms with van der Waals surface area (Å²) >= 11 is 0. The molecule has 0 unspecified atom stereocenters. The minimum Gasteiger partial charge on any atom is -0.494 e. The van der Waals surface area contributed by atoms with Crippen LogP contribution in [0.5, 0.6) is 5.75 Å². The summed E-state index contributed by atoms with van der Waals surface area (Å²) in [4.78, 5) is 46.0. The van der Waals surface area contributed by atoms with E-state index in [1.165, 1.54) is 21.1 Å². The Bertz CT molecular complexity index is 1870. The maximum absolute atomic E-state index is 14.4. The lowest BCUT2D eigenvalue weighted by Gasteiger charge is -2.50. The third-order valence-electron chi connectivity index (χ3n) is 16.0. The molecule has 4 saturated heterocycles. The fourth-order valence-electron chi connectivity index (χ4n) is 11.1. The number of hydrogen-bond acceptors (Lipinski definition) is 18. The number of esters is 1. The number of aliphatic hydroxyl groups is 4. The van der Waals surface area contributed by atoms with E-state index in [1.807, 2.05) is 50.1 Å². The van der Waals surface area contributed by atoms with E-state index in [0.29, 0.717) is 32.5 Å². The number of morpholine rings is 1. The van der Waals surface area contributed by atoms with Crippen LogP contribution < -0.4 is 15.0 Å². The van der Waals surface area contributed by atoms with E-state index in [-0.39, 0.29) is 37.4 Å². The van der Waals surface area contributed by atoms with Crippen molar-refractivity contribution in [3.63, 3.8) is 0 Å². The highest BCUT2D eigenvalue weighted by molar-refractivity contribution is 5.83. The van der Waals surface area contributed by atoms with Gasteiger partial charge in [-0.05, 0) is 98.5 Å². The van der Waals surface area contributed by atoms with E-state index in [2.05, 4.69) is 10.2 Å². The molecule has 0 bridgehead atoms. The van der Waals surface area contributed by atoms with Gasteiger partial charge in [-0.25, -0.2) is 0 Å². The van der Waals surface area contributed by atoms with Crippen molar-refractivity contribution in [3.8, 4) is 5.75 Å². The van der Waals surface area contributed by atoms with Gasteiger partial charge in [-0.2, -0.15) is 0 Å². The molecule has 19 heteroatoms. The van der Waals surface area contributed by atoms with Gasteiger partial charge in [0.25, 0.3) is 0 Å². The third-order valence-corrected chi connectivity index (χ3v) is 16.0. The first-order valence-corrected chi connectivity index (χ1v) is 26.2. The first-order valence-electron chi connectivity index (χ1n) is 26.2. The van der Waals surface area contributed by atoms with Crippen LogP contribution in [-0.4, -0.2) is 195 Å². The highest BCUT2D eigenvalue weighted by Gasteiger charge is 2.54. The highest BCUT2D eigenvalue weighted by atomic mass is 16.7. The van der Waals surface area contributed by atoms with Gasteiger partial charge in [0.2, 0.25) is 5.91 Å². The molecule has 1 aromatic carbocycles. The molecule has 5 N–H and O–H groups in total. The molecule has 0 saturated carbocycles. The summed E-state index contributed by atoms with van der Waals surface area (Å²) in [5.41, 5.74) is -3.30. The second-order valence-electron chi connectivity index (χ2n) is 21.5. The van der Waals surface area contributed by atoms with Crippen molar-refractivity contribution in [2.24, 2.45) is 23.7 Å². The van der Waals surface area contributed by atoms with E-state index in [4.69, 9.17) is 42.6 Å². The monoisotopic (exact) mass is 1020 g/mol. The van der Waals surface area contributed by atoms with Crippen molar-refractivity contribution >= 4 is 23.3 Å². The summed E-state index contributed by atoms with van der Waals surface area (Å²) in [6, 6.07) is 7.49. The Balaban J connectivity index is 1.34. The summed E-state index contributed by atoms with van der Waals surface area (Å²) in [6.45, 7) is 21.3. The molecule has 0 radical (unpaired) electrons. The highest BCUT2D eigenvalue weighted by Crippen LogP contribution is 2.42. The molecule has 4 heterocycles. The van der Waals surface area contributed by atoms with Gasteiger partial charge in [-0.15, -0.1) is 0 Å². The molecule has 0 spiro atoms. The Morgan fingerprint density at radius 3 is 2.17 bits per heavy atom. The number of likely N-dealkylation sites (N-methyl/N-ethyl adjacent to an activating group) is 1. The van der Waals surface area contributed by atoms with Gasteiger partial charge in [0.1, 0.15) is 35.4 Å². The fraction of sp³-hybridized carbons (Fsp3) is 0.830. The van der Waals surface area contributed by atoms with Crippen LogP contribution in [0, 0.1) is 23.7 Å². The average molecular weight is 1020 g/mol. The Hall–Kier alpha value is -3.05. The number of ketones is 1. The van der Waals surface area contributed by atoms with Crippen LogP contribution in [0.1, 0.15) is 108 Å². The number of Topliss-reactive ketones (excluding diaryl/α,β-unsaturated/α-hetero) is 1. The van der Waals surface area contributed by atoms with Gasteiger partial charge in [0.05, 0.1) is 67.5 Å². The zero-order valence-corrected chi connectivity index (χ0v) is 45.2. The van der Waals surface area contributed by atoms with E-state index in [0.717, 1.165) is 37.7 Å². The second kappa shape index (κ2) is 26.1. The minimum atomic E-state index is -2.01. The lowest BCUT2D eigenvalue weighted by Crippen LogP contribution is -2.61. The molecule has 4 aliphatic heterocycles. The molecule has 0 aromatic heterocycles. The molecule has 412 valence electrons. The summed E-state index contributed by atoms with van der Waals surface area (Å²) < 4.78 is 56.0. The Kier molecular flexibility index (Phi) is 21.7. The number of rotatable bonds is 17. The van der Waals surface area contributed by atoms with Crippen LogP contribution in [0.25, 0.3) is 0 Å². The van der Waals surface area contributed by atoms with E-state index in [9.17, 15) is 34.8 Å². The van der Waals surface area contributed by atoms with Gasteiger partial charge in [0.15, 0.2) is 12.6 Å². The van der Waals surface area contributed by atoms with Crippen molar-refractivity contribution in [2.45, 2.75) is 192 Å². The number of carbonyl (C=O) groups is 3. The summed E-state index contributed by atoms with van der Waals surface area (Å²) in [5, 5.41) is 49.6. The summed E-state index contributed by atoms with van der Waals surface area (Å²) in [5.74, 6) is -4.18. The first kappa shape index (κ1) is 59.8. The second-order valence-corrected chi connectivity index (χ2v) is 21.5. The Morgan fingerprint density at radius 1 is 0.889 bits per heavy atom. The van der Waals surface area contributed by atoms with Gasteiger partial charge in [0, 0.05) is 82.7 Å². The number of methoxy groups -OCH3 is 2. The molecule has 1 aromatic rings. The molecule has 0 aliphatic carbocycles. The molecule has 18 atom stereocenters. The molecule has 72 heavy (non-hydrogen) atoms. The van der Waals surface area contributed by atoms with Crippen LogP contribution >= 0.6 is 0 Å². The minimum absolute atomic E-state index is 0.0512. The molecule has 4 fully saturated rings. The topological polar surface area (TPSA) is 234 Å². The van der Waals surface area contributed by atoms with Crippen LogP contribution in [-0.2, 0) is 52.3 Å². The number of ether oxygens (including phenoxy) is 9. The predicted octanol–water partition coefficient (Wildman–Crippen LogP) is 3.62. The van der Waals surface area contributed by atoms with Crippen LogP contribution in [0.4, 0.5) is 5.69 Å². The van der Waals surface area contributed by atoms with Gasteiger partial charge >= 0.3 is 5.97 Å². The average Bonchev–Trinajstić information content (AvgIpc) is 3.36. The zero-order chi connectivity index (χ0) is 53.3. The third kappa shape index (κ3) is 14.5. The van der Waals surface area contributed by atoms with Crippen molar-refractivity contribution in [2.75, 3.05) is 72.2 Å². The normalized spacial score (nSPS) is 39.8. The van der Waals surface area contributed by atoms with E-state index >= 15 is 0 Å². The van der Waals surface area contributed by atoms with Crippen LogP contribution in [0.3, 0.4) is 0 Å². The number of benzene rings is 1. The number of carbonyl (C=O) groups excluding carboxylic acids is 3. The molecule has 4 aliphatic rings. The number of nitrogens with one attached hydrogen (secondary N) is 1. The Labute approximate surface area is 427 Å². The van der Waals surface area contributed by atoms with Crippen molar-refractivity contribution in [1.82, 2.24) is 10.2 Å². The van der Waals surface area contributed by atoms with Gasteiger partial charge < -0.3 is 78.2 Å². The molecule has 19 nitrogen and oxygen atoms in total. The largest absolute Gasteiger partial charge is 0.494 e. The van der Waals surface area contributed by atoms with Crippen LogP contribution in [0.2, 0.25) is 0 Å². The quantitative estimate of drug-likeness (QED) is 0.111. The van der Waals surface area contributed by atoms with E-state index < -0.39 is 114 Å². The molecule has 5 rings (SSSR count). The molecule has 1 amide bonds. The number of cyclic esters (lactones) is 1. The molecular weight excluding hydrogens is 935 g/mol. The lowest BCUT2D eigenvalue weighted by atomic mass is 9.74. The zero-order valence-electron chi connectivity index (χ0n) is 45.2. The fourth-order valence-corrected chi connectivity index (χ4v) is 11.1. The SMILES string of the molecule is CC[C@H]1OC(=O)[C@H](C)[C@@H](O[C@H]2C[C@@](C)(OC)[C@@H](O)[C@H](C)O2)[C@H](C)[C@@H](O[C@H]2O[C@H](C)C[C@H](N(C)CCC(=O)NCCCOc3ccc(N4CCOCC4)cc3)[C@H]2O)[C@](C)(OC)C[C@@H](C)C(=O)[C@H](C)[C@@H](O)[C@]1(C)O. The maximum Gasteiger partial charge on any atom is 0.311 e. The summed E-state index contributed by atoms with van der Waals surface area (Å²) in [6.07, 6.45) is -9.08. The maximum atomic E-state index is 14.4. The summed E-state index contributed by atoms with van der Waals surface area (Å²) in [7, 11) is 4.83. The smallest absolute Gasteiger partial charge is 0.311 e. The number of anilines is 1. The van der Waals surface area contributed by atoms with Crippen molar-refractivity contribution in [1.29, 1.82) is 0 Å². The predicted molar refractivity (Wildman–Crippen MR) is 267 cm³/mol. The van der Waals surface area contributed by atoms with Crippen LogP contribution in [0.15, 0.2) is 24.3 Å². The standard InChI is InChI=1S/C53H89N3O16/c1-14-40-53(10,63)46(60)33(4)43(58)31(2)29-52(9,65-13)48(34(5)45(35(6)49(62)70-40)71-42-30-51(8,64-12)47(61)36(7)69-42)72-50-44(59)39(28-32(3)68-50)55(11)22-20-41(57)54-21-15-25-67-38-18-16-37(17-19-38)56-23-26-66-27-24-56/h16-19,31-36,39-40,42,44-48,50,59-61,63H,14-15,20-30H2,1-13H3,(H,54,57)/t31-,32-,33+,34+,35-,36+,39+,40-,42+,44-,45+,46-,47+,48-,50-,51-,52-,53-/m1/s1. The number of amides is 1. The lowest BCUT2D eigenvalue weighted by molar-refractivity contribution is -0.319. The number of aliphatic hydroxyl groups excluding tert-OH is 3. The van der Waals surface area contributed by atoms with Gasteiger partial charge in [-0.3, -0.25) is 14.4 Å². The number of nitrogens with zero attached hydrogens (tertiary/aromatic N) is 2.